The zero-order valence-electron chi connectivity index (χ0n) is 17.1. The lowest BCUT2D eigenvalue weighted by atomic mass is 10.2. The highest BCUT2D eigenvalue weighted by atomic mass is 32.2. The van der Waals surface area contributed by atoms with Crippen LogP contribution in [0, 0.1) is 0 Å². The van der Waals surface area contributed by atoms with Crippen molar-refractivity contribution in [2.75, 3.05) is 32.7 Å². The molecule has 0 spiro atoms. The zero-order chi connectivity index (χ0) is 21.7. The van der Waals surface area contributed by atoms with Crippen LogP contribution in [0.25, 0.3) is 0 Å². The highest BCUT2D eigenvalue weighted by Crippen LogP contribution is 2.22. The van der Waals surface area contributed by atoms with Crippen molar-refractivity contribution in [2.24, 2.45) is 0 Å². The van der Waals surface area contributed by atoms with Gasteiger partial charge in [0.25, 0.3) is 10.0 Å². The first-order valence-corrected chi connectivity index (χ1v) is 12.4. The predicted molar refractivity (Wildman–Crippen MR) is 119 cm³/mol. The van der Waals surface area contributed by atoms with Gasteiger partial charge >= 0.3 is 0 Å². The van der Waals surface area contributed by atoms with Gasteiger partial charge in [-0.25, -0.2) is 8.42 Å². The van der Waals surface area contributed by atoms with E-state index in [9.17, 15) is 13.2 Å². The third-order valence-electron chi connectivity index (χ3n) is 5.28. The molecule has 1 amide bonds. The number of thiophene rings is 1. The Morgan fingerprint density at radius 2 is 1.74 bits per heavy atom. The molecule has 7 nitrogen and oxygen atoms in total. The number of sulfonamides is 1. The second-order valence-corrected chi connectivity index (χ2v) is 10.5. The van der Waals surface area contributed by atoms with Gasteiger partial charge in [-0.2, -0.15) is 4.31 Å². The van der Waals surface area contributed by atoms with E-state index in [1.807, 2.05) is 47.4 Å². The van der Waals surface area contributed by atoms with E-state index in [1.165, 1.54) is 15.6 Å². The van der Waals surface area contributed by atoms with Gasteiger partial charge in [-0.15, -0.1) is 11.3 Å². The van der Waals surface area contributed by atoms with E-state index in [1.54, 1.807) is 28.7 Å². The fourth-order valence-corrected chi connectivity index (χ4v) is 6.15. The van der Waals surface area contributed by atoms with Crippen molar-refractivity contribution < 1.29 is 17.6 Å². The summed E-state index contributed by atoms with van der Waals surface area (Å²) >= 11 is 1.23. The molecule has 0 saturated carbocycles. The number of hydrogen-bond donors (Lipinski definition) is 0. The molecule has 0 aliphatic carbocycles. The summed E-state index contributed by atoms with van der Waals surface area (Å²) < 4.78 is 32.7. The van der Waals surface area contributed by atoms with Gasteiger partial charge < -0.3 is 9.32 Å². The maximum absolute atomic E-state index is 13.1. The van der Waals surface area contributed by atoms with Crippen LogP contribution in [0.1, 0.15) is 11.3 Å². The van der Waals surface area contributed by atoms with Gasteiger partial charge in [0.05, 0.1) is 19.4 Å². The average molecular weight is 460 g/mol. The molecule has 0 N–H and O–H groups in total. The number of benzene rings is 1. The number of carbonyl (C=O) groups is 1. The Morgan fingerprint density at radius 3 is 2.39 bits per heavy atom. The number of carbonyl (C=O) groups excluding carboxylic acids is 1. The Bertz CT molecular complexity index is 1060. The van der Waals surface area contributed by atoms with E-state index in [0.29, 0.717) is 43.5 Å². The Balaban J connectivity index is 1.37. The number of hydrogen-bond acceptors (Lipinski definition) is 6. The molecule has 1 aliphatic heterocycles. The van der Waals surface area contributed by atoms with Gasteiger partial charge in [0, 0.05) is 32.7 Å². The van der Waals surface area contributed by atoms with Gasteiger partial charge in [0.15, 0.2) is 0 Å². The van der Waals surface area contributed by atoms with E-state index in [4.69, 9.17) is 4.42 Å². The zero-order valence-corrected chi connectivity index (χ0v) is 18.7. The quantitative estimate of drug-likeness (QED) is 0.518. The molecule has 9 heteroatoms. The minimum Gasteiger partial charge on any atom is -0.467 e. The van der Waals surface area contributed by atoms with E-state index in [-0.39, 0.29) is 12.5 Å². The van der Waals surface area contributed by atoms with Crippen LogP contribution in [-0.2, 0) is 27.9 Å². The minimum absolute atomic E-state index is 0.00480. The molecule has 3 aromatic rings. The highest BCUT2D eigenvalue weighted by molar-refractivity contribution is 7.91. The lowest BCUT2D eigenvalue weighted by Crippen LogP contribution is -2.51. The van der Waals surface area contributed by atoms with Crippen LogP contribution in [0.2, 0.25) is 0 Å². The summed E-state index contributed by atoms with van der Waals surface area (Å²) in [5, 5.41) is 1.77. The molecule has 31 heavy (non-hydrogen) atoms. The van der Waals surface area contributed by atoms with Crippen LogP contribution >= 0.6 is 11.3 Å². The van der Waals surface area contributed by atoms with Gasteiger partial charge in [-0.3, -0.25) is 9.69 Å². The summed E-state index contributed by atoms with van der Waals surface area (Å²) in [6, 6.07) is 16.9. The number of rotatable bonds is 8. The van der Waals surface area contributed by atoms with Gasteiger partial charge in [-0.1, -0.05) is 36.4 Å². The maximum Gasteiger partial charge on any atom is 0.252 e. The molecule has 0 unspecified atom stereocenters. The van der Waals surface area contributed by atoms with Crippen LogP contribution in [0.3, 0.4) is 0 Å². The van der Waals surface area contributed by atoms with E-state index >= 15 is 0 Å². The fourth-order valence-electron chi connectivity index (χ4n) is 3.58. The van der Waals surface area contributed by atoms with Crippen molar-refractivity contribution in [2.45, 2.75) is 17.3 Å². The summed E-state index contributed by atoms with van der Waals surface area (Å²) in [6.45, 7) is 2.95. The van der Waals surface area contributed by atoms with E-state index in [0.717, 1.165) is 11.3 Å². The van der Waals surface area contributed by atoms with Gasteiger partial charge in [0.1, 0.15) is 9.97 Å². The smallest absolute Gasteiger partial charge is 0.252 e. The molecule has 164 valence electrons. The normalized spacial score (nSPS) is 15.7. The van der Waals surface area contributed by atoms with Crippen LogP contribution in [0.15, 0.2) is 74.9 Å². The number of amides is 1. The summed E-state index contributed by atoms with van der Waals surface area (Å²) in [6.07, 6.45) is 1.60. The van der Waals surface area contributed by atoms with Crippen LogP contribution in [0.4, 0.5) is 0 Å². The molecular formula is C22H25N3O4S2. The van der Waals surface area contributed by atoms with Crippen molar-refractivity contribution >= 4 is 27.3 Å². The average Bonchev–Trinajstić information content (AvgIpc) is 3.49. The first kappa shape index (κ1) is 21.8. The molecular weight excluding hydrogens is 434 g/mol. The fraction of sp³-hybridized carbons (Fsp3) is 0.318. The standard InChI is InChI=1S/C22H25N3O4S2/c26-21(24(17-20-8-4-14-29-20)16-19-6-2-1-3-7-19)18-23-10-12-25(13-11-23)31(27,28)22-9-5-15-30-22/h1-9,14-15H,10-13,16-18H2. The summed E-state index contributed by atoms with van der Waals surface area (Å²) in [5.74, 6) is 0.728. The molecule has 0 atom stereocenters. The monoisotopic (exact) mass is 459 g/mol. The molecule has 1 aliphatic rings. The largest absolute Gasteiger partial charge is 0.467 e. The Hall–Kier alpha value is -2.46. The SMILES string of the molecule is O=C(CN1CCN(S(=O)(=O)c2cccs2)CC1)N(Cc1ccccc1)Cc1ccco1. The lowest BCUT2D eigenvalue weighted by Gasteiger charge is -2.34. The Labute approximate surface area is 186 Å². The maximum atomic E-state index is 13.1. The van der Waals surface area contributed by atoms with Gasteiger partial charge in [0.2, 0.25) is 5.91 Å². The van der Waals surface area contributed by atoms with Gasteiger partial charge in [-0.05, 0) is 29.1 Å². The molecule has 1 aromatic carbocycles. The molecule has 1 saturated heterocycles. The van der Waals surface area contributed by atoms with E-state index < -0.39 is 10.0 Å². The van der Waals surface area contributed by atoms with Crippen LogP contribution in [0.5, 0.6) is 0 Å². The molecule has 1 fully saturated rings. The topological polar surface area (TPSA) is 74.1 Å². The summed E-state index contributed by atoms with van der Waals surface area (Å²) in [4.78, 5) is 16.9. The lowest BCUT2D eigenvalue weighted by molar-refractivity contribution is -0.134. The first-order valence-electron chi connectivity index (χ1n) is 10.1. The first-order chi connectivity index (χ1) is 15.0. The minimum atomic E-state index is -3.44. The molecule has 3 heterocycles. The van der Waals surface area contributed by atoms with Crippen molar-refractivity contribution in [3.63, 3.8) is 0 Å². The predicted octanol–water partition coefficient (Wildman–Crippen LogP) is 2.88. The molecule has 0 radical (unpaired) electrons. The molecule has 0 bridgehead atoms. The van der Waals surface area contributed by atoms with Crippen molar-refractivity contribution in [3.05, 3.63) is 77.6 Å². The van der Waals surface area contributed by atoms with Crippen molar-refractivity contribution in [1.82, 2.24) is 14.1 Å². The van der Waals surface area contributed by atoms with Crippen LogP contribution in [-0.4, -0.2) is 61.2 Å². The summed E-state index contributed by atoms with van der Waals surface area (Å²) in [5.41, 5.74) is 1.05. The molecule has 2 aromatic heterocycles. The Kier molecular flexibility index (Phi) is 6.86. The van der Waals surface area contributed by atoms with E-state index in [2.05, 4.69) is 0 Å². The van der Waals surface area contributed by atoms with Crippen molar-refractivity contribution in [3.8, 4) is 0 Å². The third-order valence-corrected chi connectivity index (χ3v) is 8.55. The third kappa shape index (κ3) is 5.43. The second-order valence-electron chi connectivity index (χ2n) is 7.43. The number of furan rings is 1. The second kappa shape index (κ2) is 9.78. The number of piperazine rings is 1. The molecule has 4 rings (SSSR count). The van der Waals surface area contributed by atoms with Crippen LogP contribution < -0.4 is 0 Å². The Morgan fingerprint density at radius 1 is 0.968 bits per heavy atom. The number of nitrogens with zero attached hydrogens (tertiary/aromatic N) is 3. The van der Waals surface area contributed by atoms with Crippen molar-refractivity contribution in [1.29, 1.82) is 0 Å². The summed E-state index contributed by atoms with van der Waals surface area (Å²) in [7, 11) is -3.44. The highest BCUT2D eigenvalue weighted by Gasteiger charge is 2.30.